The molecule has 1 amide bonds. The number of amides is 1. The highest BCUT2D eigenvalue weighted by Gasteiger charge is 2.23. The van der Waals surface area contributed by atoms with Crippen molar-refractivity contribution in [2.24, 2.45) is 5.73 Å². The summed E-state index contributed by atoms with van der Waals surface area (Å²) in [7, 11) is 0. The number of hydrogen-bond acceptors (Lipinski definition) is 5. The van der Waals surface area contributed by atoms with Crippen LogP contribution in [0.4, 0.5) is 0 Å². The molecule has 0 bridgehead atoms. The van der Waals surface area contributed by atoms with Gasteiger partial charge in [0.2, 0.25) is 0 Å². The summed E-state index contributed by atoms with van der Waals surface area (Å²) in [4.78, 5) is 16.2. The molecule has 1 rings (SSSR count). The van der Waals surface area contributed by atoms with E-state index in [0.717, 1.165) is 39.0 Å². The SMILES string of the molecule is CCCCN/C=C(/C#N)C(=O)N1CCN(CCN)CC1. The lowest BCUT2D eigenvalue weighted by atomic mass is 10.2. The van der Waals surface area contributed by atoms with Crippen LogP contribution in [-0.4, -0.2) is 61.5 Å². The summed E-state index contributed by atoms with van der Waals surface area (Å²) in [6.45, 7) is 7.36. The molecule has 112 valence electrons. The fourth-order valence-electron chi connectivity index (χ4n) is 2.12. The van der Waals surface area contributed by atoms with E-state index in [-0.39, 0.29) is 11.5 Å². The molecule has 0 unspecified atom stereocenters. The molecule has 0 spiro atoms. The number of nitriles is 1. The number of hydrogen-bond donors (Lipinski definition) is 2. The van der Waals surface area contributed by atoms with Crippen molar-refractivity contribution in [3.63, 3.8) is 0 Å². The molecule has 6 heteroatoms. The van der Waals surface area contributed by atoms with Gasteiger partial charge < -0.3 is 16.0 Å². The Hall–Kier alpha value is -1.58. The summed E-state index contributed by atoms with van der Waals surface area (Å²) in [5.74, 6) is -0.177. The highest BCUT2D eigenvalue weighted by atomic mass is 16.2. The molecule has 6 nitrogen and oxygen atoms in total. The van der Waals surface area contributed by atoms with Gasteiger partial charge >= 0.3 is 0 Å². The first-order chi connectivity index (χ1) is 9.72. The Morgan fingerprint density at radius 3 is 2.65 bits per heavy atom. The lowest BCUT2D eigenvalue weighted by molar-refractivity contribution is -0.128. The first-order valence-corrected chi connectivity index (χ1v) is 7.28. The molecule has 1 fully saturated rings. The number of piperazine rings is 1. The topological polar surface area (TPSA) is 85.4 Å². The van der Waals surface area contributed by atoms with Crippen molar-refractivity contribution in [3.05, 3.63) is 11.8 Å². The highest BCUT2D eigenvalue weighted by Crippen LogP contribution is 2.06. The van der Waals surface area contributed by atoms with Gasteiger partial charge in [0.25, 0.3) is 5.91 Å². The number of rotatable bonds is 7. The molecule has 0 saturated carbocycles. The Bertz CT molecular complexity index is 366. The van der Waals surface area contributed by atoms with E-state index in [9.17, 15) is 4.79 Å². The average molecular weight is 279 g/mol. The van der Waals surface area contributed by atoms with Crippen molar-refractivity contribution in [3.8, 4) is 6.07 Å². The zero-order valence-corrected chi connectivity index (χ0v) is 12.3. The van der Waals surface area contributed by atoms with Gasteiger partial charge in [-0.25, -0.2) is 0 Å². The summed E-state index contributed by atoms with van der Waals surface area (Å²) in [5.41, 5.74) is 5.71. The molecule has 1 saturated heterocycles. The Morgan fingerprint density at radius 2 is 2.10 bits per heavy atom. The monoisotopic (exact) mass is 279 g/mol. The summed E-state index contributed by atoms with van der Waals surface area (Å²) in [6.07, 6.45) is 3.66. The molecule has 0 aliphatic carbocycles. The van der Waals surface area contributed by atoms with Crippen molar-refractivity contribution in [2.75, 3.05) is 45.8 Å². The number of carbonyl (C=O) groups excluding carboxylic acids is 1. The molecular formula is C14H25N5O. The van der Waals surface area contributed by atoms with Crippen LogP contribution >= 0.6 is 0 Å². The van der Waals surface area contributed by atoms with Gasteiger partial charge in [-0.2, -0.15) is 5.26 Å². The van der Waals surface area contributed by atoms with Gasteiger partial charge in [0.05, 0.1) is 0 Å². The normalized spacial score (nSPS) is 16.9. The highest BCUT2D eigenvalue weighted by molar-refractivity contribution is 5.97. The van der Waals surface area contributed by atoms with Gasteiger partial charge in [0.1, 0.15) is 11.6 Å². The van der Waals surface area contributed by atoms with E-state index in [2.05, 4.69) is 17.1 Å². The molecule has 0 aromatic carbocycles. The van der Waals surface area contributed by atoms with Gasteiger partial charge in [-0.1, -0.05) is 13.3 Å². The number of nitrogens with one attached hydrogen (secondary N) is 1. The van der Waals surface area contributed by atoms with Crippen LogP contribution < -0.4 is 11.1 Å². The fourth-order valence-corrected chi connectivity index (χ4v) is 2.12. The van der Waals surface area contributed by atoms with Crippen LogP contribution in [0.2, 0.25) is 0 Å². The van der Waals surface area contributed by atoms with Crippen LogP contribution in [0.25, 0.3) is 0 Å². The maximum absolute atomic E-state index is 12.2. The van der Waals surface area contributed by atoms with Crippen molar-refractivity contribution < 1.29 is 4.79 Å². The second kappa shape index (κ2) is 9.34. The van der Waals surface area contributed by atoms with Gasteiger partial charge in [-0.3, -0.25) is 9.69 Å². The maximum atomic E-state index is 12.2. The molecule has 0 atom stereocenters. The second-order valence-corrected chi connectivity index (χ2v) is 4.90. The average Bonchev–Trinajstić information content (AvgIpc) is 2.48. The Balaban J connectivity index is 2.45. The largest absolute Gasteiger partial charge is 0.390 e. The predicted molar refractivity (Wildman–Crippen MR) is 78.7 cm³/mol. The Morgan fingerprint density at radius 1 is 1.40 bits per heavy atom. The first kappa shape index (κ1) is 16.5. The van der Waals surface area contributed by atoms with Gasteiger partial charge in [-0.15, -0.1) is 0 Å². The van der Waals surface area contributed by atoms with E-state index >= 15 is 0 Å². The standard InChI is InChI=1S/C14H25N5O/c1-2-3-5-17-12-13(11-16)14(20)19-9-7-18(6-4-15)8-10-19/h12,17H,2-10,15H2,1H3/b13-12-. The third-order valence-electron chi connectivity index (χ3n) is 3.38. The second-order valence-electron chi connectivity index (χ2n) is 4.90. The third-order valence-corrected chi connectivity index (χ3v) is 3.38. The van der Waals surface area contributed by atoms with Crippen molar-refractivity contribution in [1.82, 2.24) is 15.1 Å². The minimum absolute atomic E-state index is 0.177. The third kappa shape index (κ3) is 5.19. The lowest BCUT2D eigenvalue weighted by Crippen LogP contribution is -2.50. The number of unbranched alkanes of at least 4 members (excludes halogenated alkanes) is 1. The minimum Gasteiger partial charge on any atom is -0.390 e. The molecular weight excluding hydrogens is 254 g/mol. The summed E-state index contributed by atoms with van der Waals surface area (Å²) >= 11 is 0. The Labute approximate surface area is 121 Å². The lowest BCUT2D eigenvalue weighted by Gasteiger charge is -2.34. The van der Waals surface area contributed by atoms with Gasteiger partial charge in [0.15, 0.2) is 0 Å². The van der Waals surface area contributed by atoms with Crippen LogP contribution in [-0.2, 0) is 4.79 Å². The van der Waals surface area contributed by atoms with Gasteiger partial charge in [0, 0.05) is 52.0 Å². The molecule has 3 N–H and O–H groups in total. The van der Waals surface area contributed by atoms with Crippen molar-refractivity contribution >= 4 is 5.91 Å². The zero-order chi connectivity index (χ0) is 14.8. The molecule has 1 aliphatic heterocycles. The quantitative estimate of drug-likeness (QED) is 0.386. The van der Waals surface area contributed by atoms with Crippen molar-refractivity contribution in [2.45, 2.75) is 19.8 Å². The number of nitrogens with zero attached hydrogens (tertiary/aromatic N) is 3. The maximum Gasteiger partial charge on any atom is 0.266 e. The van der Waals surface area contributed by atoms with Crippen molar-refractivity contribution in [1.29, 1.82) is 5.26 Å². The Kier molecular flexibility index (Phi) is 7.70. The molecule has 1 aliphatic rings. The van der Waals surface area contributed by atoms with E-state index in [0.29, 0.717) is 19.6 Å². The summed E-state index contributed by atoms with van der Waals surface area (Å²) < 4.78 is 0. The summed E-state index contributed by atoms with van der Waals surface area (Å²) in [6, 6.07) is 1.99. The number of nitrogens with two attached hydrogens (primary N) is 1. The van der Waals surface area contributed by atoms with E-state index in [4.69, 9.17) is 11.0 Å². The summed E-state index contributed by atoms with van der Waals surface area (Å²) in [5, 5.41) is 12.1. The predicted octanol–water partition coefficient (Wildman–Crippen LogP) is -0.114. The smallest absolute Gasteiger partial charge is 0.266 e. The molecule has 0 aromatic rings. The fraction of sp³-hybridized carbons (Fsp3) is 0.714. The molecule has 1 heterocycles. The molecule has 0 radical (unpaired) electrons. The molecule has 0 aromatic heterocycles. The first-order valence-electron chi connectivity index (χ1n) is 7.28. The van der Waals surface area contributed by atoms with E-state index in [1.807, 2.05) is 6.07 Å². The van der Waals surface area contributed by atoms with E-state index < -0.39 is 0 Å². The van der Waals surface area contributed by atoms with Crippen LogP contribution in [0.3, 0.4) is 0 Å². The van der Waals surface area contributed by atoms with Crippen LogP contribution in [0, 0.1) is 11.3 Å². The van der Waals surface area contributed by atoms with Crippen LogP contribution in [0.5, 0.6) is 0 Å². The van der Waals surface area contributed by atoms with Crippen LogP contribution in [0.15, 0.2) is 11.8 Å². The van der Waals surface area contributed by atoms with E-state index in [1.54, 1.807) is 11.1 Å². The van der Waals surface area contributed by atoms with Gasteiger partial charge in [-0.05, 0) is 6.42 Å². The minimum atomic E-state index is -0.177. The molecule has 20 heavy (non-hydrogen) atoms. The van der Waals surface area contributed by atoms with E-state index in [1.165, 1.54) is 0 Å². The number of carbonyl (C=O) groups is 1. The zero-order valence-electron chi connectivity index (χ0n) is 12.3. The van der Waals surface area contributed by atoms with Crippen LogP contribution in [0.1, 0.15) is 19.8 Å².